The first kappa shape index (κ1) is 22.4. The number of benzene rings is 2. The molecule has 2 heterocycles. The number of piperazine rings is 1. The van der Waals surface area contributed by atoms with Crippen LogP contribution in [0.2, 0.25) is 0 Å². The maximum absolute atomic E-state index is 12.4. The zero-order valence-electron chi connectivity index (χ0n) is 18.3. The maximum atomic E-state index is 12.4. The molecule has 4 rings (SSSR count). The van der Waals surface area contributed by atoms with Gasteiger partial charge in [0.25, 0.3) is 0 Å². The minimum absolute atomic E-state index is 0.0791. The van der Waals surface area contributed by atoms with Crippen LogP contribution in [0.4, 0.5) is 5.13 Å². The molecule has 1 saturated heterocycles. The summed E-state index contributed by atoms with van der Waals surface area (Å²) in [7, 11) is 0. The molecule has 7 nitrogen and oxygen atoms in total. The standard InChI is InChI=1S/C24H28N4O3S/c1-2-31-23(30)14-20-17-32-24(25-20)26-22(29)16-28-12-10-27(11-13-28)15-19-8-5-7-18-6-3-4-9-21(18)19/h3-9,17H,2,10-16H2,1H3,(H,25,26,29). The maximum Gasteiger partial charge on any atom is 0.311 e. The van der Waals surface area contributed by atoms with Gasteiger partial charge in [-0.3, -0.25) is 19.4 Å². The molecule has 0 aliphatic carbocycles. The van der Waals surface area contributed by atoms with Crippen LogP contribution in [-0.2, 0) is 27.3 Å². The highest BCUT2D eigenvalue weighted by molar-refractivity contribution is 7.13. The van der Waals surface area contributed by atoms with Crippen molar-refractivity contribution in [1.29, 1.82) is 0 Å². The van der Waals surface area contributed by atoms with Gasteiger partial charge in [-0.2, -0.15) is 0 Å². The van der Waals surface area contributed by atoms with E-state index in [2.05, 4.69) is 62.6 Å². The number of amides is 1. The SMILES string of the molecule is CCOC(=O)Cc1csc(NC(=O)CN2CCN(Cc3cccc4ccccc34)CC2)n1. The van der Waals surface area contributed by atoms with Gasteiger partial charge < -0.3 is 10.1 Å². The third-order valence-electron chi connectivity index (χ3n) is 5.53. The van der Waals surface area contributed by atoms with Gasteiger partial charge in [-0.05, 0) is 23.3 Å². The van der Waals surface area contributed by atoms with Crippen molar-refractivity contribution >= 4 is 39.1 Å². The molecule has 1 amide bonds. The summed E-state index contributed by atoms with van der Waals surface area (Å²) in [5, 5.41) is 7.72. The summed E-state index contributed by atoms with van der Waals surface area (Å²) in [6.45, 7) is 6.94. The van der Waals surface area contributed by atoms with Crippen molar-refractivity contribution in [3.05, 3.63) is 59.1 Å². The van der Waals surface area contributed by atoms with Crippen molar-refractivity contribution in [2.24, 2.45) is 0 Å². The van der Waals surface area contributed by atoms with Gasteiger partial charge in [-0.15, -0.1) is 11.3 Å². The molecule has 1 aromatic heterocycles. The number of thiazole rings is 1. The average Bonchev–Trinajstić information content (AvgIpc) is 3.22. The average molecular weight is 453 g/mol. The Balaban J connectivity index is 1.23. The predicted octanol–water partition coefficient (Wildman–Crippen LogP) is 3.16. The predicted molar refractivity (Wildman–Crippen MR) is 127 cm³/mol. The second-order valence-electron chi connectivity index (χ2n) is 7.86. The van der Waals surface area contributed by atoms with E-state index in [9.17, 15) is 9.59 Å². The number of nitrogens with zero attached hydrogens (tertiary/aromatic N) is 3. The summed E-state index contributed by atoms with van der Waals surface area (Å²) in [6.07, 6.45) is 0.124. The van der Waals surface area contributed by atoms with Crippen molar-refractivity contribution in [3.8, 4) is 0 Å². The Morgan fingerprint density at radius 2 is 1.81 bits per heavy atom. The van der Waals surface area contributed by atoms with Gasteiger partial charge in [-0.1, -0.05) is 42.5 Å². The number of hydrogen-bond acceptors (Lipinski definition) is 7. The van der Waals surface area contributed by atoms with Gasteiger partial charge in [-0.25, -0.2) is 4.98 Å². The molecule has 32 heavy (non-hydrogen) atoms. The van der Waals surface area contributed by atoms with Crippen LogP contribution >= 0.6 is 11.3 Å². The molecule has 1 fully saturated rings. The lowest BCUT2D eigenvalue weighted by Gasteiger charge is -2.34. The van der Waals surface area contributed by atoms with Crippen LogP contribution in [0.25, 0.3) is 10.8 Å². The molecule has 0 atom stereocenters. The first-order chi connectivity index (χ1) is 15.6. The lowest BCUT2D eigenvalue weighted by atomic mass is 10.0. The molecule has 3 aromatic rings. The molecule has 0 radical (unpaired) electrons. The number of carbonyl (C=O) groups excluding carboxylic acids is 2. The Kier molecular flexibility index (Phi) is 7.47. The van der Waals surface area contributed by atoms with Gasteiger partial charge >= 0.3 is 5.97 Å². The first-order valence-electron chi connectivity index (χ1n) is 10.9. The van der Waals surface area contributed by atoms with Crippen LogP contribution in [-0.4, -0.2) is 66.0 Å². The Labute approximate surface area is 192 Å². The molecule has 2 aromatic carbocycles. The molecule has 168 valence electrons. The molecule has 0 spiro atoms. The van der Waals surface area contributed by atoms with E-state index in [0.29, 0.717) is 24.0 Å². The normalized spacial score (nSPS) is 15.0. The molecule has 8 heteroatoms. The lowest BCUT2D eigenvalue weighted by molar-refractivity contribution is -0.142. The molecule has 1 N–H and O–H groups in total. The van der Waals surface area contributed by atoms with E-state index in [1.807, 2.05) is 0 Å². The van der Waals surface area contributed by atoms with Crippen molar-refractivity contribution in [1.82, 2.24) is 14.8 Å². The molecular weight excluding hydrogens is 424 g/mol. The fourth-order valence-corrected chi connectivity index (χ4v) is 4.67. The van der Waals surface area contributed by atoms with E-state index in [1.54, 1.807) is 12.3 Å². The second kappa shape index (κ2) is 10.7. The highest BCUT2D eigenvalue weighted by Gasteiger charge is 2.20. The summed E-state index contributed by atoms with van der Waals surface area (Å²) >= 11 is 1.32. The number of hydrogen-bond donors (Lipinski definition) is 1. The Hall–Kier alpha value is -2.81. The van der Waals surface area contributed by atoms with Crippen LogP contribution in [0, 0.1) is 0 Å². The van der Waals surface area contributed by atoms with Crippen molar-refractivity contribution in [2.75, 3.05) is 44.6 Å². The van der Waals surface area contributed by atoms with E-state index in [1.165, 1.54) is 27.7 Å². The monoisotopic (exact) mass is 452 g/mol. The summed E-state index contributed by atoms with van der Waals surface area (Å²) < 4.78 is 4.93. The van der Waals surface area contributed by atoms with E-state index in [0.717, 1.165) is 32.7 Å². The van der Waals surface area contributed by atoms with E-state index >= 15 is 0 Å². The Morgan fingerprint density at radius 1 is 1.06 bits per heavy atom. The minimum Gasteiger partial charge on any atom is -0.466 e. The molecule has 0 bridgehead atoms. The van der Waals surface area contributed by atoms with Gasteiger partial charge in [0.05, 0.1) is 25.3 Å². The topological polar surface area (TPSA) is 74.8 Å². The number of carbonyl (C=O) groups is 2. The fraction of sp³-hybridized carbons (Fsp3) is 0.375. The smallest absolute Gasteiger partial charge is 0.311 e. The lowest BCUT2D eigenvalue weighted by Crippen LogP contribution is -2.48. The van der Waals surface area contributed by atoms with Crippen LogP contribution in [0.15, 0.2) is 47.8 Å². The molecule has 1 aliphatic heterocycles. The number of rotatable bonds is 8. The van der Waals surface area contributed by atoms with E-state index in [4.69, 9.17) is 4.74 Å². The zero-order chi connectivity index (χ0) is 22.3. The number of anilines is 1. The largest absolute Gasteiger partial charge is 0.466 e. The van der Waals surface area contributed by atoms with E-state index < -0.39 is 0 Å². The third-order valence-corrected chi connectivity index (χ3v) is 6.34. The van der Waals surface area contributed by atoms with Crippen LogP contribution in [0.5, 0.6) is 0 Å². The van der Waals surface area contributed by atoms with Gasteiger partial charge in [0, 0.05) is 38.1 Å². The second-order valence-corrected chi connectivity index (χ2v) is 8.72. The number of ether oxygens (including phenoxy) is 1. The highest BCUT2D eigenvalue weighted by Crippen LogP contribution is 2.21. The summed E-state index contributed by atoms with van der Waals surface area (Å²) in [6, 6.07) is 15.0. The van der Waals surface area contributed by atoms with Crippen molar-refractivity contribution in [2.45, 2.75) is 19.9 Å². The van der Waals surface area contributed by atoms with Crippen molar-refractivity contribution in [3.63, 3.8) is 0 Å². The summed E-state index contributed by atoms with van der Waals surface area (Å²) in [4.78, 5) is 32.9. The summed E-state index contributed by atoms with van der Waals surface area (Å²) in [5.74, 6) is -0.387. The number of nitrogens with one attached hydrogen (secondary N) is 1. The molecular formula is C24H28N4O3S. The Morgan fingerprint density at radius 3 is 2.62 bits per heavy atom. The fourth-order valence-electron chi connectivity index (χ4n) is 3.94. The van der Waals surface area contributed by atoms with Crippen LogP contribution in [0.1, 0.15) is 18.2 Å². The third kappa shape index (κ3) is 5.91. The van der Waals surface area contributed by atoms with Crippen LogP contribution in [0.3, 0.4) is 0 Å². The van der Waals surface area contributed by atoms with Gasteiger partial charge in [0.15, 0.2) is 5.13 Å². The first-order valence-corrected chi connectivity index (χ1v) is 11.8. The van der Waals surface area contributed by atoms with E-state index in [-0.39, 0.29) is 18.3 Å². The van der Waals surface area contributed by atoms with Gasteiger partial charge in [0.1, 0.15) is 0 Å². The molecule has 0 unspecified atom stereocenters. The zero-order valence-corrected chi connectivity index (χ0v) is 19.1. The summed E-state index contributed by atoms with van der Waals surface area (Å²) in [5.41, 5.74) is 1.96. The molecule has 1 aliphatic rings. The highest BCUT2D eigenvalue weighted by atomic mass is 32.1. The minimum atomic E-state index is -0.308. The number of aromatic nitrogens is 1. The number of fused-ring (bicyclic) bond motifs is 1. The van der Waals surface area contributed by atoms with Crippen molar-refractivity contribution < 1.29 is 14.3 Å². The Bertz CT molecular complexity index is 1070. The molecule has 0 saturated carbocycles. The number of esters is 1. The quantitative estimate of drug-likeness (QED) is 0.529. The van der Waals surface area contributed by atoms with Gasteiger partial charge in [0.2, 0.25) is 5.91 Å². The van der Waals surface area contributed by atoms with Crippen LogP contribution < -0.4 is 5.32 Å².